The van der Waals surface area contributed by atoms with Gasteiger partial charge in [0.05, 0.1) is 6.04 Å². The largest absolute Gasteiger partial charge is 0.356 e. The van der Waals surface area contributed by atoms with Gasteiger partial charge in [0.1, 0.15) is 0 Å². The molecule has 104 valence electrons. The molecule has 0 aliphatic carbocycles. The van der Waals surface area contributed by atoms with Gasteiger partial charge in [-0.25, -0.2) is 0 Å². The molecule has 1 heterocycles. The number of aryl methyl sites for hydroxylation is 1. The zero-order chi connectivity index (χ0) is 14.4. The number of nitrogens with one attached hydrogen (secondary N) is 2. The molecule has 1 atom stereocenters. The molecule has 2 N–H and O–H groups in total. The van der Waals surface area contributed by atoms with Crippen molar-refractivity contribution in [2.24, 2.45) is 0 Å². The van der Waals surface area contributed by atoms with Gasteiger partial charge in [0.25, 0.3) is 0 Å². The zero-order valence-corrected chi connectivity index (χ0v) is 12.6. The highest BCUT2D eigenvalue weighted by Gasteiger charge is 2.10. The third-order valence-electron chi connectivity index (χ3n) is 3.13. The van der Waals surface area contributed by atoms with E-state index < -0.39 is 0 Å². The van der Waals surface area contributed by atoms with Crippen molar-refractivity contribution in [3.63, 3.8) is 0 Å². The molecule has 0 spiro atoms. The predicted octanol–water partition coefficient (Wildman–Crippen LogP) is 3.83. The molecule has 0 saturated heterocycles. The Bertz CT molecular complexity index is 552. The maximum atomic E-state index is 5.36. The summed E-state index contributed by atoms with van der Waals surface area (Å²) in [6.07, 6.45) is 4.45. The lowest BCUT2D eigenvalue weighted by molar-refractivity contribution is 0.629. The van der Waals surface area contributed by atoms with E-state index in [1.165, 1.54) is 11.1 Å². The SMILES string of the molecule is CC[C@H](NC(=S)Nc1ccncc1)c1ccc(C)cc1. The maximum absolute atomic E-state index is 5.36. The molecule has 3 nitrogen and oxygen atoms in total. The van der Waals surface area contributed by atoms with E-state index in [0.29, 0.717) is 5.11 Å². The topological polar surface area (TPSA) is 37.0 Å². The number of rotatable bonds is 4. The summed E-state index contributed by atoms with van der Waals surface area (Å²) in [5.74, 6) is 0. The Morgan fingerprint density at radius 3 is 2.40 bits per heavy atom. The van der Waals surface area contributed by atoms with Crippen molar-refractivity contribution in [2.75, 3.05) is 5.32 Å². The number of anilines is 1. The van der Waals surface area contributed by atoms with Gasteiger partial charge in [-0.15, -0.1) is 0 Å². The summed E-state index contributed by atoms with van der Waals surface area (Å²) in [6.45, 7) is 4.24. The van der Waals surface area contributed by atoms with Crippen molar-refractivity contribution in [3.05, 3.63) is 59.9 Å². The highest BCUT2D eigenvalue weighted by molar-refractivity contribution is 7.80. The van der Waals surface area contributed by atoms with E-state index in [9.17, 15) is 0 Å². The van der Waals surface area contributed by atoms with E-state index in [4.69, 9.17) is 12.2 Å². The third-order valence-corrected chi connectivity index (χ3v) is 3.35. The van der Waals surface area contributed by atoms with Crippen LogP contribution in [0.1, 0.15) is 30.5 Å². The van der Waals surface area contributed by atoms with Crippen LogP contribution in [-0.4, -0.2) is 10.1 Å². The van der Waals surface area contributed by atoms with E-state index in [0.717, 1.165) is 12.1 Å². The predicted molar refractivity (Wildman–Crippen MR) is 87.8 cm³/mol. The zero-order valence-electron chi connectivity index (χ0n) is 11.8. The Labute approximate surface area is 125 Å². The minimum atomic E-state index is 0.220. The first-order valence-electron chi connectivity index (χ1n) is 6.73. The third kappa shape index (κ3) is 4.03. The van der Waals surface area contributed by atoms with Crippen LogP contribution in [0.15, 0.2) is 48.8 Å². The molecule has 0 bridgehead atoms. The molecule has 1 aromatic heterocycles. The molecule has 0 fully saturated rings. The van der Waals surface area contributed by atoms with Crippen molar-refractivity contribution >= 4 is 23.0 Å². The molecule has 0 saturated carbocycles. The van der Waals surface area contributed by atoms with E-state index >= 15 is 0 Å². The summed E-state index contributed by atoms with van der Waals surface area (Å²) in [6, 6.07) is 12.5. The normalized spacial score (nSPS) is 11.7. The lowest BCUT2D eigenvalue weighted by atomic mass is 10.0. The van der Waals surface area contributed by atoms with Crippen LogP contribution in [0.4, 0.5) is 5.69 Å². The first-order chi connectivity index (χ1) is 9.69. The van der Waals surface area contributed by atoms with Crippen LogP contribution in [0.25, 0.3) is 0 Å². The second-order valence-corrected chi connectivity index (χ2v) is 5.11. The van der Waals surface area contributed by atoms with Gasteiger partial charge in [-0.1, -0.05) is 36.8 Å². The van der Waals surface area contributed by atoms with Gasteiger partial charge in [0.15, 0.2) is 5.11 Å². The summed E-state index contributed by atoms with van der Waals surface area (Å²) in [5, 5.41) is 7.15. The summed E-state index contributed by atoms with van der Waals surface area (Å²) in [4.78, 5) is 3.98. The molecule has 0 radical (unpaired) electrons. The smallest absolute Gasteiger partial charge is 0.171 e. The Hall–Kier alpha value is -1.94. The second kappa shape index (κ2) is 7.01. The molecule has 1 aromatic carbocycles. The number of hydrogen-bond donors (Lipinski definition) is 2. The Morgan fingerprint density at radius 1 is 1.15 bits per heavy atom. The van der Waals surface area contributed by atoms with E-state index in [1.807, 2.05) is 12.1 Å². The molecular formula is C16H19N3S. The first kappa shape index (κ1) is 14.5. The molecular weight excluding hydrogens is 266 g/mol. The van der Waals surface area contributed by atoms with Crippen LogP contribution in [0.5, 0.6) is 0 Å². The Morgan fingerprint density at radius 2 is 1.80 bits per heavy atom. The van der Waals surface area contributed by atoms with Gasteiger partial charge in [-0.2, -0.15) is 0 Å². The van der Waals surface area contributed by atoms with E-state index in [-0.39, 0.29) is 6.04 Å². The second-order valence-electron chi connectivity index (χ2n) is 4.71. The first-order valence-corrected chi connectivity index (χ1v) is 7.14. The molecule has 2 rings (SSSR count). The molecule has 0 aliphatic rings. The monoisotopic (exact) mass is 285 g/mol. The Balaban J connectivity index is 1.99. The lowest BCUT2D eigenvalue weighted by Crippen LogP contribution is -2.32. The fourth-order valence-corrected chi connectivity index (χ4v) is 2.24. The van der Waals surface area contributed by atoms with Gasteiger partial charge in [-0.05, 0) is 43.3 Å². The molecule has 4 heteroatoms. The van der Waals surface area contributed by atoms with Crippen molar-refractivity contribution < 1.29 is 0 Å². The number of thiocarbonyl (C=S) groups is 1. The number of pyridine rings is 1. The molecule has 20 heavy (non-hydrogen) atoms. The van der Waals surface area contributed by atoms with Crippen molar-refractivity contribution in [3.8, 4) is 0 Å². The van der Waals surface area contributed by atoms with Crippen LogP contribution in [0, 0.1) is 6.92 Å². The molecule has 0 unspecified atom stereocenters. The van der Waals surface area contributed by atoms with Gasteiger partial charge in [-0.3, -0.25) is 4.98 Å². The van der Waals surface area contributed by atoms with Gasteiger partial charge in [0, 0.05) is 18.1 Å². The van der Waals surface area contributed by atoms with Gasteiger partial charge >= 0.3 is 0 Å². The quantitative estimate of drug-likeness (QED) is 0.837. The summed E-state index contributed by atoms with van der Waals surface area (Å²) in [7, 11) is 0. The number of aromatic nitrogens is 1. The van der Waals surface area contributed by atoms with Crippen LogP contribution >= 0.6 is 12.2 Å². The minimum Gasteiger partial charge on any atom is -0.356 e. The number of benzene rings is 1. The summed E-state index contributed by atoms with van der Waals surface area (Å²) >= 11 is 5.36. The van der Waals surface area contributed by atoms with Crippen LogP contribution in [0.2, 0.25) is 0 Å². The van der Waals surface area contributed by atoms with Crippen LogP contribution in [0.3, 0.4) is 0 Å². The average molecular weight is 285 g/mol. The molecule has 2 aromatic rings. The summed E-state index contributed by atoms with van der Waals surface area (Å²) < 4.78 is 0. The van der Waals surface area contributed by atoms with E-state index in [1.54, 1.807) is 12.4 Å². The number of nitrogens with zero attached hydrogens (tertiary/aromatic N) is 1. The average Bonchev–Trinajstić information content (AvgIpc) is 2.47. The van der Waals surface area contributed by atoms with Gasteiger partial charge < -0.3 is 10.6 Å². The molecule has 0 amide bonds. The standard InChI is InChI=1S/C16H19N3S/c1-3-15(13-6-4-12(2)5-7-13)19-16(20)18-14-8-10-17-11-9-14/h4-11,15H,3H2,1-2H3,(H2,17,18,19,20)/t15-/m0/s1. The molecule has 0 aliphatic heterocycles. The van der Waals surface area contributed by atoms with Crippen molar-refractivity contribution in [1.82, 2.24) is 10.3 Å². The fraction of sp³-hybridized carbons (Fsp3) is 0.250. The van der Waals surface area contributed by atoms with Crippen LogP contribution in [-0.2, 0) is 0 Å². The lowest BCUT2D eigenvalue weighted by Gasteiger charge is -2.20. The fourth-order valence-electron chi connectivity index (χ4n) is 1.98. The van der Waals surface area contributed by atoms with Crippen molar-refractivity contribution in [2.45, 2.75) is 26.3 Å². The number of hydrogen-bond acceptors (Lipinski definition) is 2. The van der Waals surface area contributed by atoms with Crippen molar-refractivity contribution in [1.29, 1.82) is 0 Å². The minimum absolute atomic E-state index is 0.220. The summed E-state index contributed by atoms with van der Waals surface area (Å²) in [5.41, 5.74) is 3.45. The van der Waals surface area contributed by atoms with Gasteiger partial charge in [0.2, 0.25) is 0 Å². The van der Waals surface area contributed by atoms with E-state index in [2.05, 4.69) is 53.7 Å². The van der Waals surface area contributed by atoms with Crippen LogP contribution < -0.4 is 10.6 Å². The highest BCUT2D eigenvalue weighted by Crippen LogP contribution is 2.17. The maximum Gasteiger partial charge on any atom is 0.171 e. The highest BCUT2D eigenvalue weighted by atomic mass is 32.1. The Kier molecular flexibility index (Phi) is 5.07.